The molecular weight excluding hydrogens is 408 g/mol. The van der Waals surface area contributed by atoms with Gasteiger partial charge >= 0.3 is 0 Å². The molecule has 0 atom stereocenters. The first-order valence-corrected chi connectivity index (χ1v) is 11.0. The van der Waals surface area contributed by atoms with Gasteiger partial charge in [0.1, 0.15) is 5.75 Å². The number of aryl methyl sites for hydroxylation is 1. The van der Waals surface area contributed by atoms with Gasteiger partial charge in [-0.25, -0.2) is 0 Å². The largest absolute Gasteiger partial charge is 0.493 e. The summed E-state index contributed by atoms with van der Waals surface area (Å²) in [6.07, 6.45) is 2.96. The predicted octanol–water partition coefficient (Wildman–Crippen LogP) is 3.21. The third-order valence-electron chi connectivity index (χ3n) is 5.63. The molecule has 1 aliphatic heterocycles. The zero-order chi connectivity index (χ0) is 22.8. The Kier molecular flexibility index (Phi) is 8.78. The van der Waals surface area contributed by atoms with E-state index >= 15 is 0 Å². The lowest BCUT2D eigenvalue weighted by atomic mass is 10.0. The number of carbonyl (C=O) groups is 2. The van der Waals surface area contributed by atoms with Gasteiger partial charge in [-0.1, -0.05) is 24.3 Å². The second kappa shape index (κ2) is 12.0. The number of amides is 2. The van der Waals surface area contributed by atoms with E-state index in [4.69, 9.17) is 14.2 Å². The van der Waals surface area contributed by atoms with Crippen molar-refractivity contribution in [3.63, 3.8) is 0 Å². The van der Waals surface area contributed by atoms with Crippen LogP contribution in [0.5, 0.6) is 17.2 Å². The summed E-state index contributed by atoms with van der Waals surface area (Å²) < 4.78 is 16.2. The van der Waals surface area contributed by atoms with Crippen LogP contribution in [0, 0.1) is 0 Å². The van der Waals surface area contributed by atoms with Gasteiger partial charge < -0.3 is 24.4 Å². The zero-order valence-electron chi connectivity index (χ0n) is 18.8. The van der Waals surface area contributed by atoms with E-state index in [9.17, 15) is 9.59 Å². The van der Waals surface area contributed by atoms with Crippen molar-refractivity contribution in [3.05, 3.63) is 54.1 Å². The van der Waals surface area contributed by atoms with Crippen molar-refractivity contribution in [1.29, 1.82) is 0 Å². The van der Waals surface area contributed by atoms with Crippen LogP contribution in [0.4, 0.5) is 0 Å². The van der Waals surface area contributed by atoms with E-state index < -0.39 is 0 Å². The molecule has 0 unspecified atom stereocenters. The number of ether oxygens (including phenoxy) is 3. The Morgan fingerprint density at radius 2 is 1.69 bits per heavy atom. The smallest absolute Gasteiger partial charge is 0.223 e. The highest BCUT2D eigenvalue weighted by Gasteiger charge is 2.23. The molecule has 2 aromatic rings. The third-order valence-corrected chi connectivity index (χ3v) is 5.63. The fourth-order valence-electron chi connectivity index (χ4n) is 3.80. The molecule has 7 nitrogen and oxygen atoms in total. The number of piperidine rings is 1. The summed E-state index contributed by atoms with van der Waals surface area (Å²) in [5.74, 6) is 2.24. The number of likely N-dealkylation sites (tertiary alicyclic amines) is 1. The number of hydrogen-bond donors (Lipinski definition) is 1. The van der Waals surface area contributed by atoms with Gasteiger partial charge in [-0.2, -0.15) is 0 Å². The van der Waals surface area contributed by atoms with Crippen LogP contribution in [0.2, 0.25) is 0 Å². The van der Waals surface area contributed by atoms with Crippen molar-refractivity contribution in [2.45, 2.75) is 38.1 Å². The lowest BCUT2D eigenvalue weighted by molar-refractivity contribution is -0.132. The number of rotatable bonds is 10. The van der Waals surface area contributed by atoms with Gasteiger partial charge in [0.05, 0.1) is 27.2 Å². The summed E-state index contributed by atoms with van der Waals surface area (Å²) in [7, 11) is 3.21. The predicted molar refractivity (Wildman–Crippen MR) is 122 cm³/mol. The fourth-order valence-corrected chi connectivity index (χ4v) is 3.80. The maximum absolute atomic E-state index is 12.6. The first kappa shape index (κ1) is 23.4. The van der Waals surface area contributed by atoms with E-state index in [0.717, 1.165) is 24.2 Å². The number of carbonyl (C=O) groups excluding carboxylic acids is 2. The molecule has 0 bridgehead atoms. The maximum atomic E-state index is 12.6. The molecule has 2 aromatic carbocycles. The number of para-hydroxylation sites is 1. The molecule has 1 N–H and O–H groups in total. The van der Waals surface area contributed by atoms with Crippen molar-refractivity contribution < 1.29 is 23.8 Å². The number of methoxy groups -OCH3 is 2. The second-order valence-electron chi connectivity index (χ2n) is 7.82. The standard InChI is InChI=1S/C25H32N2O5/c1-30-22-10-8-19(18-23(22)31-2)9-11-25(29)27-15-12-20(13-16-27)26-24(28)14-17-32-21-6-4-3-5-7-21/h3-8,10,18,20H,9,11-17H2,1-2H3,(H,26,28). The molecule has 2 amide bonds. The van der Waals surface area contributed by atoms with Crippen molar-refractivity contribution in [2.24, 2.45) is 0 Å². The molecule has 0 radical (unpaired) electrons. The van der Waals surface area contributed by atoms with Crippen LogP contribution in [0.25, 0.3) is 0 Å². The topological polar surface area (TPSA) is 77.1 Å². The number of nitrogens with one attached hydrogen (secondary N) is 1. The summed E-state index contributed by atoms with van der Waals surface area (Å²) in [6.45, 7) is 1.68. The van der Waals surface area contributed by atoms with Gasteiger partial charge in [0.25, 0.3) is 0 Å². The lowest BCUT2D eigenvalue weighted by Gasteiger charge is -2.32. The molecule has 172 valence electrons. The molecule has 0 spiro atoms. The van der Waals surface area contributed by atoms with Crippen molar-refractivity contribution in [3.8, 4) is 17.2 Å². The van der Waals surface area contributed by atoms with Gasteiger partial charge in [0.2, 0.25) is 11.8 Å². The number of hydrogen-bond acceptors (Lipinski definition) is 5. The highest BCUT2D eigenvalue weighted by Crippen LogP contribution is 2.28. The average molecular weight is 441 g/mol. The second-order valence-corrected chi connectivity index (χ2v) is 7.82. The van der Waals surface area contributed by atoms with E-state index in [1.54, 1.807) is 14.2 Å². The molecule has 3 rings (SSSR count). The van der Waals surface area contributed by atoms with Gasteiger partial charge in [-0.05, 0) is 49.1 Å². The van der Waals surface area contributed by atoms with Crippen LogP contribution in [-0.2, 0) is 16.0 Å². The molecule has 1 aliphatic rings. The Bertz CT molecular complexity index is 879. The van der Waals surface area contributed by atoms with Gasteiger partial charge in [-0.3, -0.25) is 9.59 Å². The van der Waals surface area contributed by atoms with Crippen LogP contribution in [0.15, 0.2) is 48.5 Å². The fraction of sp³-hybridized carbons (Fsp3) is 0.440. The van der Waals surface area contributed by atoms with Crippen molar-refractivity contribution >= 4 is 11.8 Å². The molecule has 32 heavy (non-hydrogen) atoms. The molecular formula is C25H32N2O5. The Morgan fingerprint density at radius 3 is 2.38 bits per heavy atom. The minimum absolute atomic E-state index is 0.0147. The highest BCUT2D eigenvalue weighted by atomic mass is 16.5. The summed E-state index contributed by atoms with van der Waals surface area (Å²) in [6, 6.07) is 15.3. The monoisotopic (exact) mass is 440 g/mol. The molecule has 1 fully saturated rings. The summed E-state index contributed by atoms with van der Waals surface area (Å²) in [5, 5.41) is 3.06. The summed E-state index contributed by atoms with van der Waals surface area (Å²) in [5.41, 5.74) is 1.04. The molecule has 7 heteroatoms. The van der Waals surface area contributed by atoms with Crippen molar-refractivity contribution in [2.75, 3.05) is 33.9 Å². The van der Waals surface area contributed by atoms with Crippen LogP contribution >= 0.6 is 0 Å². The Morgan fingerprint density at radius 1 is 0.969 bits per heavy atom. The van der Waals surface area contributed by atoms with E-state index in [-0.39, 0.29) is 17.9 Å². The minimum atomic E-state index is -0.0147. The first-order valence-electron chi connectivity index (χ1n) is 11.0. The Hall–Kier alpha value is -3.22. The summed E-state index contributed by atoms with van der Waals surface area (Å²) >= 11 is 0. The minimum Gasteiger partial charge on any atom is -0.493 e. The van der Waals surface area contributed by atoms with Crippen molar-refractivity contribution in [1.82, 2.24) is 10.2 Å². The molecule has 1 heterocycles. The van der Waals surface area contributed by atoms with Crippen LogP contribution in [0.3, 0.4) is 0 Å². The number of benzene rings is 2. The normalized spacial score (nSPS) is 14.0. The molecule has 0 aromatic heterocycles. The lowest BCUT2D eigenvalue weighted by Crippen LogP contribution is -2.46. The SMILES string of the molecule is COc1ccc(CCC(=O)N2CCC(NC(=O)CCOc3ccccc3)CC2)cc1OC. The van der Waals surface area contributed by atoms with Crippen LogP contribution in [0.1, 0.15) is 31.2 Å². The van der Waals surface area contributed by atoms with Gasteiger partial charge in [-0.15, -0.1) is 0 Å². The van der Waals surface area contributed by atoms with E-state index in [1.165, 1.54) is 0 Å². The highest BCUT2D eigenvalue weighted by molar-refractivity contribution is 5.77. The third kappa shape index (κ3) is 6.90. The Labute approximate surface area is 189 Å². The molecule has 0 aliphatic carbocycles. The number of nitrogens with zero attached hydrogens (tertiary/aromatic N) is 1. The maximum Gasteiger partial charge on any atom is 0.223 e. The molecule has 0 saturated carbocycles. The van der Waals surface area contributed by atoms with E-state index in [2.05, 4.69) is 5.32 Å². The van der Waals surface area contributed by atoms with E-state index in [0.29, 0.717) is 50.5 Å². The Balaban J connectivity index is 1.35. The molecule has 1 saturated heterocycles. The van der Waals surface area contributed by atoms with Crippen LogP contribution in [-0.4, -0.2) is 56.7 Å². The van der Waals surface area contributed by atoms with Gasteiger partial charge in [0.15, 0.2) is 11.5 Å². The van der Waals surface area contributed by atoms with Crippen LogP contribution < -0.4 is 19.5 Å². The quantitative estimate of drug-likeness (QED) is 0.614. The zero-order valence-corrected chi connectivity index (χ0v) is 18.8. The summed E-state index contributed by atoms with van der Waals surface area (Å²) in [4.78, 5) is 26.7. The average Bonchev–Trinajstić information content (AvgIpc) is 2.83. The first-order chi connectivity index (χ1) is 15.6. The van der Waals surface area contributed by atoms with E-state index in [1.807, 2.05) is 53.4 Å². The van der Waals surface area contributed by atoms with Gasteiger partial charge in [0, 0.05) is 25.6 Å².